The van der Waals surface area contributed by atoms with Gasteiger partial charge in [-0.3, -0.25) is 4.79 Å². The first-order chi connectivity index (χ1) is 9.04. The van der Waals surface area contributed by atoms with Crippen molar-refractivity contribution in [2.24, 2.45) is 0 Å². The van der Waals surface area contributed by atoms with Crippen LogP contribution < -0.4 is 5.32 Å². The van der Waals surface area contributed by atoms with E-state index in [0.717, 1.165) is 9.15 Å². The molecule has 0 aliphatic heterocycles. The van der Waals surface area contributed by atoms with E-state index in [9.17, 15) is 9.59 Å². The Kier molecular flexibility index (Phi) is 3.91. The Morgan fingerprint density at radius 2 is 2.21 bits per heavy atom. The van der Waals surface area contributed by atoms with Gasteiger partial charge in [-0.1, -0.05) is 27.2 Å². The zero-order valence-electron chi connectivity index (χ0n) is 9.58. The van der Waals surface area contributed by atoms with Crippen molar-refractivity contribution in [3.05, 3.63) is 40.6 Å². The van der Waals surface area contributed by atoms with Crippen molar-refractivity contribution in [1.82, 2.24) is 15.0 Å². The molecule has 0 aliphatic carbocycles. The fourth-order valence-corrected chi connectivity index (χ4v) is 1.79. The molecule has 19 heavy (non-hydrogen) atoms. The molecular formula is C11H9BrN4O3. The molecule has 2 N–H and O–H groups in total. The summed E-state index contributed by atoms with van der Waals surface area (Å²) in [6, 6.07) is 7.12. The Labute approximate surface area is 116 Å². The summed E-state index contributed by atoms with van der Waals surface area (Å²) in [7, 11) is 0. The number of anilines is 1. The Morgan fingerprint density at radius 1 is 1.42 bits per heavy atom. The van der Waals surface area contributed by atoms with Crippen molar-refractivity contribution >= 4 is 33.5 Å². The Hall–Kier alpha value is -2.22. The first kappa shape index (κ1) is 13.2. The number of aromatic nitrogens is 3. The summed E-state index contributed by atoms with van der Waals surface area (Å²) in [5.74, 6) is -1.50. The van der Waals surface area contributed by atoms with Gasteiger partial charge in [-0.15, -0.1) is 5.10 Å². The highest BCUT2D eigenvalue weighted by atomic mass is 79.9. The number of carboxylic acid groups (broad SMARTS) is 1. The maximum absolute atomic E-state index is 11.7. The van der Waals surface area contributed by atoms with Crippen LogP contribution in [-0.4, -0.2) is 32.0 Å². The van der Waals surface area contributed by atoms with E-state index in [-0.39, 0.29) is 18.1 Å². The Balaban J connectivity index is 1.99. The van der Waals surface area contributed by atoms with E-state index < -0.39 is 5.97 Å². The van der Waals surface area contributed by atoms with Crippen molar-refractivity contribution in [3.8, 4) is 0 Å². The molecule has 0 saturated carbocycles. The van der Waals surface area contributed by atoms with E-state index in [4.69, 9.17) is 5.11 Å². The number of carboxylic acids is 1. The average Bonchev–Trinajstić information content (AvgIpc) is 2.77. The van der Waals surface area contributed by atoms with E-state index >= 15 is 0 Å². The Bertz CT molecular complexity index is 626. The zero-order chi connectivity index (χ0) is 13.8. The number of benzene rings is 1. The van der Waals surface area contributed by atoms with Crippen molar-refractivity contribution in [3.63, 3.8) is 0 Å². The van der Waals surface area contributed by atoms with Gasteiger partial charge in [0.05, 0.1) is 6.20 Å². The monoisotopic (exact) mass is 324 g/mol. The van der Waals surface area contributed by atoms with E-state index in [2.05, 4.69) is 31.6 Å². The molecule has 0 atom stereocenters. The molecule has 0 fully saturated rings. The molecule has 1 aromatic carbocycles. The first-order valence-electron chi connectivity index (χ1n) is 5.23. The third-order valence-electron chi connectivity index (χ3n) is 2.17. The normalized spacial score (nSPS) is 10.2. The second-order valence-corrected chi connectivity index (χ2v) is 4.58. The summed E-state index contributed by atoms with van der Waals surface area (Å²) in [4.78, 5) is 22.3. The van der Waals surface area contributed by atoms with Crippen LogP contribution in [0, 0.1) is 0 Å². The second-order valence-electron chi connectivity index (χ2n) is 3.67. The highest BCUT2D eigenvalue weighted by molar-refractivity contribution is 9.10. The quantitative estimate of drug-likeness (QED) is 0.885. The molecule has 7 nitrogen and oxygen atoms in total. The van der Waals surface area contributed by atoms with Crippen LogP contribution in [-0.2, 0) is 11.3 Å². The van der Waals surface area contributed by atoms with Gasteiger partial charge in [-0.25, -0.2) is 9.48 Å². The van der Waals surface area contributed by atoms with Gasteiger partial charge < -0.3 is 10.4 Å². The van der Waals surface area contributed by atoms with Crippen LogP contribution in [0.3, 0.4) is 0 Å². The lowest BCUT2D eigenvalue weighted by Gasteiger charge is -2.04. The van der Waals surface area contributed by atoms with Crippen molar-refractivity contribution in [2.75, 3.05) is 5.32 Å². The highest BCUT2D eigenvalue weighted by Gasteiger charge is 2.10. The van der Waals surface area contributed by atoms with Crippen molar-refractivity contribution in [1.29, 1.82) is 0 Å². The molecule has 0 unspecified atom stereocenters. The third kappa shape index (κ3) is 3.62. The van der Waals surface area contributed by atoms with Crippen LogP contribution in [0.1, 0.15) is 10.5 Å². The number of aromatic carboxylic acids is 1. The minimum atomic E-state index is -1.18. The molecule has 0 aliphatic rings. The molecule has 8 heteroatoms. The lowest BCUT2D eigenvalue weighted by Crippen LogP contribution is -2.19. The number of hydrogen-bond donors (Lipinski definition) is 2. The van der Waals surface area contributed by atoms with Crippen LogP contribution >= 0.6 is 15.9 Å². The molecule has 0 bridgehead atoms. The SMILES string of the molecule is O=C(Cn1cc(C(=O)O)nn1)Nc1cccc(Br)c1. The summed E-state index contributed by atoms with van der Waals surface area (Å²) in [5.41, 5.74) is 0.438. The summed E-state index contributed by atoms with van der Waals surface area (Å²) in [6.07, 6.45) is 1.20. The van der Waals surface area contributed by atoms with Crippen LogP contribution in [0.2, 0.25) is 0 Å². The maximum atomic E-state index is 11.7. The highest BCUT2D eigenvalue weighted by Crippen LogP contribution is 2.15. The summed E-state index contributed by atoms with van der Waals surface area (Å²) < 4.78 is 2.01. The standard InChI is InChI=1S/C11H9BrN4O3/c12-7-2-1-3-8(4-7)13-10(17)6-16-5-9(11(18)19)14-15-16/h1-5H,6H2,(H,13,17)(H,18,19). The minimum Gasteiger partial charge on any atom is -0.476 e. The third-order valence-corrected chi connectivity index (χ3v) is 2.66. The summed E-state index contributed by atoms with van der Waals surface area (Å²) in [5, 5.41) is 18.3. The summed E-state index contributed by atoms with van der Waals surface area (Å²) in [6.45, 7) is -0.104. The topological polar surface area (TPSA) is 97.1 Å². The number of carbonyl (C=O) groups excluding carboxylic acids is 1. The average molecular weight is 325 g/mol. The number of nitrogens with one attached hydrogen (secondary N) is 1. The predicted molar refractivity (Wildman–Crippen MR) is 69.8 cm³/mol. The molecule has 1 aromatic heterocycles. The van der Waals surface area contributed by atoms with Gasteiger partial charge in [0, 0.05) is 10.2 Å². The number of nitrogens with zero attached hydrogens (tertiary/aromatic N) is 3. The van der Waals surface area contributed by atoms with E-state index in [1.165, 1.54) is 6.20 Å². The molecule has 1 amide bonds. The van der Waals surface area contributed by atoms with Gasteiger partial charge in [-0.05, 0) is 18.2 Å². The van der Waals surface area contributed by atoms with E-state index in [1.54, 1.807) is 18.2 Å². The van der Waals surface area contributed by atoms with Crippen LogP contribution in [0.4, 0.5) is 5.69 Å². The zero-order valence-corrected chi connectivity index (χ0v) is 11.2. The fourth-order valence-electron chi connectivity index (χ4n) is 1.39. The predicted octanol–water partition coefficient (Wildman–Crippen LogP) is 1.38. The minimum absolute atomic E-state index is 0.104. The molecule has 2 rings (SSSR count). The van der Waals surface area contributed by atoms with Crippen molar-refractivity contribution in [2.45, 2.75) is 6.54 Å². The number of hydrogen-bond acceptors (Lipinski definition) is 4. The fraction of sp³-hybridized carbons (Fsp3) is 0.0909. The number of rotatable bonds is 4. The van der Waals surface area contributed by atoms with E-state index in [1.807, 2.05) is 6.07 Å². The van der Waals surface area contributed by atoms with Gasteiger partial charge in [-0.2, -0.15) is 0 Å². The van der Waals surface area contributed by atoms with Gasteiger partial charge in [0.25, 0.3) is 0 Å². The lowest BCUT2D eigenvalue weighted by atomic mass is 10.3. The molecule has 0 radical (unpaired) electrons. The number of halogens is 1. The largest absolute Gasteiger partial charge is 0.476 e. The molecule has 0 spiro atoms. The molecule has 2 aromatic rings. The van der Waals surface area contributed by atoms with Gasteiger partial charge in [0.2, 0.25) is 5.91 Å². The van der Waals surface area contributed by atoms with Crippen molar-refractivity contribution < 1.29 is 14.7 Å². The number of amides is 1. The summed E-state index contributed by atoms with van der Waals surface area (Å²) >= 11 is 3.29. The van der Waals surface area contributed by atoms with Crippen LogP contribution in [0.15, 0.2) is 34.9 Å². The second kappa shape index (κ2) is 5.61. The maximum Gasteiger partial charge on any atom is 0.358 e. The molecular weight excluding hydrogens is 316 g/mol. The first-order valence-corrected chi connectivity index (χ1v) is 6.03. The van der Waals surface area contributed by atoms with Crippen LogP contribution in [0.25, 0.3) is 0 Å². The lowest BCUT2D eigenvalue weighted by molar-refractivity contribution is -0.116. The molecule has 1 heterocycles. The van der Waals surface area contributed by atoms with Gasteiger partial charge in [0.1, 0.15) is 6.54 Å². The van der Waals surface area contributed by atoms with E-state index in [0.29, 0.717) is 5.69 Å². The molecule has 98 valence electrons. The van der Waals surface area contributed by atoms with Crippen LogP contribution in [0.5, 0.6) is 0 Å². The molecule has 0 saturated heterocycles. The Morgan fingerprint density at radius 3 is 2.84 bits per heavy atom. The van der Waals surface area contributed by atoms with Gasteiger partial charge in [0.15, 0.2) is 5.69 Å². The smallest absolute Gasteiger partial charge is 0.358 e. The number of carbonyl (C=O) groups is 2. The van der Waals surface area contributed by atoms with Gasteiger partial charge >= 0.3 is 5.97 Å².